The second kappa shape index (κ2) is 7.84. The number of fused-ring (bicyclic) bond motifs is 1. The molecule has 0 aliphatic rings. The van der Waals surface area contributed by atoms with Gasteiger partial charge in [-0.1, -0.05) is 68.5 Å². The summed E-state index contributed by atoms with van der Waals surface area (Å²) in [7, 11) is 0. The number of thiazole rings is 1. The average molecular weight is 311 g/mol. The Hall–Kier alpha value is -0.800. The molecule has 1 N–H and O–H groups in total. The summed E-state index contributed by atoms with van der Waals surface area (Å²) in [5, 5.41) is 5.18. The second-order valence-electron chi connectivity index (χ2n) is 5.63. The molecule has 0 atom stereocenters. The first kappa shape index (κ1) is 15.6. The molecule has 4 heteroatoms. The number of benzene rings is 1. The van der Waals surface area contributed by atoms with Crippen LogP contribution in [0, 0.1) is 5.92 Å². The maximum Gasteiger partial charge on any atom is 0.183 e. The molecule has 0 radical (unpaired) electrons. The quantitative estimate of drug-likeness (QED) is 0.608. The normalized spacial score (nSPS) is 11.4. The third-order valence-corrected chi connectivity index (χ3v) is 4.84. The zero-order chi connectivity index (χ0) is 14.4. The van der Waals surface area contributed by atoms with Gasteiger partial charge in [0.1, 0.15) is 0 Å². The molecule has 110 valence electrons. The minimum absolute atomic E-state index is 0.793. The van der Waals surface area contributed by atoms with Gasteiger partial charge in [-0.3, -0.25) is 0 Å². The van der Waals surface area contributed by atoms with Crippen LogP contribution >= 0.6 is 22.9 Å². The zero-order valence-corrected chi connectivity index (χ0v) is 13.9. The lowest BCUT2D eigenvalue weighted by atomic mass is 10.0. The first-order valence-electron chi connectivity index (χ1n) is 7.45. The Bertz CT molecular complexity index is 536. The van der Waals surface area contributed by atoms with Gasteiger partial charge < -0.3 is 5.32 Å². The summed E-state index contributed by atoms with van der Waals surface area (Å²) >= 11 is 7.80. The van der Waals surface area contributed by atoms with Gasteiger partial charge in [-0.2, -0.15) is 0 Å². The van der Waals surface area contributed by atoms with Crippen LogP contribution in [-0.2, 0) is 0 Å². The van der Waals surface area contributed by atoms with E-state index in [1.807, 2.05) is 18.2 Å². The van der Waals surface area contributed by atoms with Crippen molar-refractivity contribution in [1.82, 2.24) is 4.98 Å². The maximum atomic E-state index is 6.16. The highest BCUT2D eigenvalue weighted by molar-refractivity contribution is 7.22. The first-order valence-corrected chi connectivity index (χ1v) is 8.65. The van der Waals surface area contributed by atoms with Gasteiger partial charge in [0, 0.05) is 6.54 Å². The number of halogens is 1. The molecule has 0 spiro atoms. The molecular weight excluding hydrogens is 288 g/mol. The molecule has 0 saturated carbocycles. The third kappa shape index (κ3) is 4.64. The Balaban J connectivity index is 1.69. The van der Waals surface area contributed by atoms with Crippen molar-refractivity contribution < 1.29 is 0 Å². The number of nitrogens with zero attached hydrogens (tertiary/aromatic N) is 1. The molecule has 1 aromatic carbocycles. The summed E-state index contributed by atoms with van der Waals surface area (Å²) in [5.41, 5.74) is 0.988. The number of rotatable bonds is 8. The minimum atomic E-state index is 0.793. The molecular formula is C16H23ClN2S. The highest BCUT2D eigenvalue weighted by Gasteiger charge is 2.05. The standard InChI is InChI=1S/C16H23ClN2S/c1-12(2)8-5-3-4-6-11-18-16-19-14-10-7-9-13(17)15(14)20-16/h7,9-10,12H,3-6,8,11H2,1-2H3,(H,18,19). The fourth-order valence-electron chi connectivity index (χ4n) is 2.22. The molecule has 1 aromatic heterocycles. The van der Waals surface area contributed by atoms with Crippen molar-refractivity contribution in [1.29, 1.82) is 0 Å². The average Bonchev–Trinajstić information content (AvgIpc) is 2.82. The van der Waals surface area contributed by atoms with E-state index in [0.29, 0.717) is 0 Å². The van der Waals surface area contributed by atoms with Gasteiger partial charge in [0.15, 0.2) is 5.13 Å². The molecule has 0 fully saturated rings. The maximum absolute atomic E-state index is 6.16. The molecule has 0 aliphatic heterocycles. The van der Waals surface area contributed by atoms with Crippen molar-refractivity contribution in [2.75, 3.05) is 11.9 Å². The van der Waals surface area contributed by atoms with Crippen molar-refractivity contribution in [3.63, 3.8) is 0 Å². The summed E-state index contributed by atoms with van der Waals surface area (Å²) in [6, 6.07) is 5.87. The van der Waals surface area contributed by atoms with Crippen molar-refractivity contribution in [2.24, 2.45) is 5.92 Å². The van der Waals surface area contributed by atoms with Gasteiger partial charge in [-0.25, -0.2) is 4.98 Å². The molecule has 1 heterocycles. The molecule has 0 bridgehead atoms. The van der Waals surface area contributed by atoms with Gasteiger partial charge in [-0.05, 0) is 24.5 Å². The Morgan fingerprint density at radius 2 is 2.00 bits per heavy atom. The first-order chi connectivity index (χ1) is 9.66. The SMILES string of the molecule is CC(C)CCCCCCNc1nc2cccc(Cl)c2s1. The fraction of sp³-hybridized carbons (Fsp3) is 0.562. The number of unbranched alkanes of at least 4 members (excludes halogenated alkanes) is 3. The number of hydrogen-bond donors (Lipinski definition) is 1. The van der Waals surface area contributed by atoms with Gasteiger partial charge in [0.05, 0.1) is 15.2 Å². The van der Waals surface area contributed by atoms with E-state index in [0.717, 1.165) is 32.8 Å². The Kier molecular flexibility index (Phi) is 6.11. The molecule has 2 aromatic rings. The number of hydrogen-bond acceptors (Lipinski definition) is 3. The van der Waals surface area contributed by atoms with E-state index in [2.05, 4.69) is 24.1 Å². The van der Waals surface area contributed by atoms with E-state index in [1.54, 1.807) is 11.3 Å². The molecule has 0 aliphatic carbocycles. The van der Waals surface area contributed by atoms with Crippen LogP contribution in [0.1, 0.15) is 46.0 Å². The number of nitrogens with one attached hydrogen (secondary N) is 1. The predicted octanol–water partition coefficient (Wildman–Crippen LogP) is 5.97. The molecule has 20 heavy (non-hydrogen) atoms. The Labute approximate surface area is 130 Å². The molecule has 2 nitrogen and oxygen atoms in total. The highest BCUT2D eigenvalue weighted by atomic mass is 35.5. The van der Waals surface area contributed by atoms with E-state index in [1.165, 1.54) is 32.1 Å². The zero-order valence-electron chi connectivity index (χ0n) is 12.3. The summed E-state index contributed by atoms with van der Waals surface area (Å²) in [4.78, 5) is 4.55. The van der Waals surface area contributed by atoms with Gasteiger partial charge in [0.25, 0.3) is 0 Å². The van der Waals surface area contributed by atoms with E-state index < -0.39 is 0 Å². The topological polar surface area (TPSA) is 24.9 Å². The molecule has 2 rings (SSSR count). The van der Waals surface area contributed by atoms with Crippen molar-refractivity contribution in [3.8, 4) is 0 Å². The van der Waals surface area contributed by atoms with Crippen LogP contribution in [0.25, 0.3) is 10.2 Å². The van der Waals surface area contributed by atoms with Crippen LogP contribution in [0.5, 0.6) is 0 Å². The van der Waals surface area contributed by atoms with E-state index in [9.17, 15) is 0 Å². The third-order valence-electron chi connectivity index (χ3n) is 3.35. The fourth-order valence-corrected chi connectivity index (χ4v) is 3.40. The second-order valence-corrected chi connectivity index (χ2v) is 7.04. The van der Waals surface area contributed by atoms with Crippen molar-refractivity contribution in [2.45, 2.75) is 46.0 Å². The van der Waals surface area contributed by atoms with E-state index in [-0.39, 0.29) is 0 Å². The number of aromatic nitrogens is 1. The lowest BCUT2D eigenvalue weighted by molar-refractivity contribution is 0.523. The van der Waals surface area contributed by atoms with Crippen LogP contribution in [0.15, 0.2) is 18.2 Å². The highest BCUT2D eigenvalue weighted by Crippen LogP contribution is 2.31. The van der Waals surface area contributed by atoms with Crippen LogP contribution < -0.4 is 5.32 Å². The summed E-state index contributed by atoms with van der Waals surface area (Å²) in [6.45, 7) is 5.58. The Morgan fingerprint density at radius 3 is 2.75 bits per heavy atom. The summed E-state index contributed by atoms with van der Waals surface area (Å²) < 4.78 is 1.08. The predicted molar refractivity (Wildman–Crippen MR) is 91.0 cm³/mol. The molecule has 0 unspecified atom stereocenters. The summed E-state index contributed by atoms with van der Waals surface area (Å²) in [5.74, 6) is 0.834. The molecule has 0 saturated heterocycles. The van der Waals surface area contributed by atoms with Crippen LogP contribution in [0.2, 0.25) is 5.02 Å². The lowest BCUT2D eigenvalue weighted by Crippen LogP contribution is -2.00. The van der Waals surface area contributed by atoms with Crippen LogP contribution in [0.3, 0.4) is 0 Å². The van der Waals surface area contributed by atoms with E-state index >= 15 is 0 Å². The van der Waals surface area contributed by atoms with Gasteiger partial charge >= 0.3 is 0 Å². The largest absolute Gasteiger partial charge is 0.361 e. The van der Waals surface area contributed by atoms with Gasteiger partial charge in [0.2, 0.25) is 0 Å². The van der Waals surface area contributed by atoms with Crippen LogP contribution in [-0.4, -0.2) is 11.5 Å². The number of anilines is 1. The monoisotopic (exact) mass is 310 g/mol. The van der Waals surface area contributed by atoms with Crippen LogP contribution in [0.4, 0.5) is 5.13 Å². The smallest absolute Gasteiger partial charge is 0.183 e. The molecule has 0 amide bonds. The van der Waals surface area contributed by atoms with E-state index in [4.69, 9.17) is 11.6 Å². The minimum Gasteiger partial charge on any atom is -0.361 e. The summed E-state index contributed by atoms with van der Waals surface area (Å²) in [6.07, 6.45) is 6.55. The lowest BCUT2D eigenvalue weighted by Gasteiger charge is -2.04. The van der Waals surface area contributed by atoms with Gasteiger partial charge in [-0.15, -0.1) is 0 Å². The Morgan fingerprint density at radius 1 is 1.20 bits per heavy atom. The van der Waals surface area contributed by atoms with Crippen molar-refractivity contribution >= 4 is 38.3 Å². The van der Waals surface area contributed by atoms with Crippen molar-refractivity contribution in [3.05, 3.63) is 23.2 Å².